The van der Waals surface area contributed by atoms with Gasteiger partial charge in [-0.05, 0) is 18.6 Å². The van der Waals surface area contributed by atoms with E-state index in [9.17, 15) is 20.0 Å². The Morgan fingerprint density at radius 1 is 1.06 bits per heavy atom. The van der Waals surface area contributed by atoms with Gasteiger partial charge in [0.05, 0.1) is 49.1 Å². The van der Waals surface area contributed by atoms with Crippen LogP contribution < -0.4 is 10.6 Å². The fourth-order valence-corrected chi connectivity index (χ4v) is 3.81. The molecule has 8 heteroatoms. The number of para-hydroxylation sites is 1. The van der Waals surface area contributed by atoms with Crippen LogP contribution in [0.15, 0.2) is 77.3 Å². The van der Waals surface area contributed by atoms with Crippen LogP contribution in [0.1, 0.15) is 30.1 Å². The molecule has 0 fully saturated rings. The molecule has 0 saturated carbocycles. The van der Waals surface area contributed by atoms with Crippen LogP contribution in [0.5, 0.6) is 0 Å². The number of aliphatic hydroxyl groups excluding tert-OH is 1. The maximum absolute atomic E-state index is 13.0. The number of rotatable bonds is 5. The minimum Gasteiger partial charge on any atom is -0.466 e. The summed E-state index contributed by atoms with van der Waals surface area (Å²) >= 11 is 0. The largest absolute Gasteiger partial charge is 0.466 e. The van der Waals surface area contributed by atoms with Crippen LogP contribution in [0.4, 0.5) is 5.69 Å². The molecule has 2 atom stereocenters. The summed E-state index contributed by atoms with van der Waals surface area (Å²) in [7, 11) is 2.37. The molecule has 164 valence electrons. The predicted molar refractivity (Wildman–Crippen MR) is 117 cm³/mol. The maximum Gasteiger partial charge on any atom is 0.355 e. The van der Waals surface area contributed by atoms with Gasteiger partial charge in [0, 0.05) is 5.56 Å². The van der Waals surface area contributed by atoms with Crippen LogP contribution in [0.25, 0.3) is 0 Å². The number of nitrogens with two attached hydrogens (primary N) is 1. The zero-order valence-corrected chi connectivity index (χ0v) is 17.9. The predicted octanol–water partition coefficient (Wildman–Crippen LogP) is 2.64. The molecule has 32 heavy (non-hydrogen) atoms. The van der Waals surface area contributed by atoms with E-state index in [1.54, 1.807) is 61.5 Å². The lowest BCUT2D eigenvalue weighted by molar-refractivity contribution is -0.139. The molecule has 0 aliphatic carbocycles. The second-order valence-corrected chi connectivity index (χ2v) is 7.07. The molecule has 0 bridgehead atoms. The quantitative estimate of drug-likeness (QED) is 0.689. The summed E-state index contributed by atoms with van der Waals surface area (Å²) < 4.78 is 10.0. The molecule has 0 aromatic heterocycles. The smallest absolute Gasteiger partial charge is 0.355 e. The number of allylic oxidation sites excluding steroid dienone is 1. The normalized spacial score (nSPS) is 17.0. The Balaban J connectivity index is 2.45. The first-order chi connectivity index (χ1) is 15.4. The molecule has 0 spiro atoms. The molecule has 8 nitrogen and oxygen atoms in total. The van der Waals surface area contributed by atoms with Crippen molar-refractivity contribution >= 4 is 17.6 Å². The van der Waals surface area contributed by atoms with Crippen molar-refractivity contribution < 1.29 is 24.2 Å². The number of nitriles is 1. The van der Waals surface area contributed by atoms with Gasteiger partial charge in [-0.2, -0.15) is 5.26 Å². The van der Waals surface area contributed by atoms with E-state index in [0.29, 0.717) is 16.8 Å². The van der Waals surface area contributed by atoms with Crippen molar-refractivity contribution in [3.8, 4) is 6.07 Å². The first-order valence-corrected chi connectivity index (χ1v) is 9.79. The highest BCUT2D eigenvalue weighted by molar-refractivity contribution is 6.06. The fraction of sp³-hybridized carbons (Fsp3) is 0.208. The first-order valence-electron chi connectivity index (χ1n) is 9.79. The highest BCUT2D eigenvalue weighted by Crippen LogP contribution is 2.44. The van der Waals surface area contributed by atoms with Crippen LogP contribution in [-0.4, -0.2) is 31.3 Å². The number of hydrogen-bond acceptors (Lipinski definition) is 8. The molecular formula is C24H23N3O5. The Morgan fingerprint density at radius 2 is 1.66 bits per heavy atom. The molecule has 0 saturated heterocycles. The summed E-state index contributed by atoms with van der Waals surface area (Å²) in [4.78, 5) is 27.3. The Bertz CT molecular complexity index is 1150. The Morgan fingerprint density at radius 3 is 2.22 bits per heavy atom. The summed E-state index contributed by atoms with van der Waals surface area (Å²) in [5.74, 6) is -2.65. The second kappa shape index (κ2) is 9.37. The average molecular weight is 433 g/mol. The third kappa shape index (κ3) is 3.82. The third-order valence-electron chi connectivity index (χ3n) is 5.24. The number of carbonyl (C=O) groups is 2. The number of ether oxygens (including phenoxy) is 2. The minimum absolute atomic E-state index is 0.0532. The topological polar surface area (TPSA) is 126 Å². The summed E-state index contributed by atoms with van der Waals surface area (Å²) in [6, 6.07) is 17.5. The number of anilines is 1. The van der Waals surface area contributed by atoms with Gasteiger partial charge in [0.25, 0.3) is 0 Å². The van der Waals surface area contributed by atoms with E-state index in [1.807, 2.05) is 0 Å². The van der Waals surface area contributed by atoms with Gasteiger partial charge in [0.2, 0.25) is 0 Å². The van der Waals surface area contributed by atoms with Gasteiger partial charge in [-0.15, -0.1) is 0 Å². The molecule has 3 N–H and O–H groups in total. The number of methoxy groups -OCH3 is 2. The molecule has 2 aromatic carbocycles. The average Bonchev–Trinajstić information content (AvgIpc) is 2.82. The SMILES string of the molecule is COC(=O)C1=C(C(=O)OC)N(c2ccccc2C(C)O)C(N)=C(C#N)C1c1ccccc1. The van der Waals surface area contributed by atoms with Gasteiger partial charge < -0.3 is 20.3 Å². The van der Waals surface area contributed by atoms with E-state index in [0.717, 1.165) is 0 Å². The molecule has 0 radical (unpaired) electrons. The van der Waals surface area contributed by atoms with Crippen molar-refractivity contribution in [2.24, 2.45) is 5.73 Å². The van der Waals surface area contributed by atoms with Crippen molar-refractivity contribution in [2.45, 2.75) is 18.9 Å². The van der Waals surface area contributed by atoms with E-state index in [-0.39, 0.29) is 22.7 Å². The molecule has 2 unspecified atom stereocenters. The summed E-state index contributed by atoms with van der Waals surface area (Å²) in [5, 5.41) is 20.3. The standard InChI is InChI=1S/C24H23N3O5/c1-14(28)16-11-7-8-12-18(16)27-21(24(30)32-3)20(23(29)31-2)19(17(13-25)22(27)26)15-9-5-4-6-10-15/h4-12,14,19,28H,26H2,1-3H3. The van der Waals surface area contributed by atoms with E-state index in [2.05, 4.69) is 6.07 Å². The van der Waals surface area contributed by atoms with Crippen LogP contribution in [0, 0.1) is 11.3 Å². The Labute approximate surface area is 185 Å². The van der Waals surface area contributed by atoms with E-state index >= 15 is 0 Å². The first kappa shape index (κ1) is 22.6. The minimum atomic E-state index is -0.947. The molecule has 0 amide bonds. The van der Waals surface area contributed by atoms with Crippen molar-refractivity contribution in [1.29, 1.82) is 5.26 Å². The maximum atomic E-state index is 13.0. The number of nitrogens with zero attached hydrogens (tertiary/aromatic N) is 2. The second-order valence-electron chi connectivity index (χ2n) is 7.07. The monoisotopic (exact) mass is 433 g/mol. The number of aliphatic hydroxyl groups is 1. The fourth-order valence-electron chi connectivity index (χ4n) is 3.81. The van der Waals surface area contributed by atoms with Gasteiger partial charge in [0.15, 0.2) is 0 Å². The zero-order chi connectivity index (χ0) is 23.4. The molecule has 1 aliphatic rings. The summed E-state index contributed by atoms with van der Waals surface area (Å²) in [5.41, 5.74) is 7.60. The van der Waals surface area contributed by atoms with Crippen molar-refractivity contribution in [1.82, 2.24) is 0 Å². The highest BCUT2D eigenvalue weighted by Gasteiger charge is 2.43. The van der Waals surface area contributed by atoms with E-state index in [1.165, 1.54) is 19.1 Å². The third-order valence-corrected chi connectivity index (χ3v) is 5.24. The van der Waals surface area contributed by atoms with Crippen molar-refractivity contribution in [3.63, 3.8) is 0 Å². The van der Waals surface area contributed by atoms with E-state index in [4.69, 9.17) is 15.2 Å². The number of hydrogen-bond donors (Lipinski definition) is 2. The molecular weight excluding hydrogens is 410 g/mol. The summed E-state index contributed by atoms with van der Waals surface area (Å²) in [6.45, 7) is 1.56. The lowest BCUT2D eigenvalue weighted by atomic mass is 9.80. The number of benzene rings is 2. The van der Waals surface area contributed by atoms with Gasteiger partial charge in [-0.25, -0.2) is 9.59 Å². The zero-order valence-electron chi connectivity index (χ0n) is 17.9. The van der Waals surface area contributed by atoms with Crippen molar-refractivity contribution in [2.75, 3.05) is 19.1 Å². The lowest BCUT2D eigenvalue weighted by Gasteiger charge is -2.37. The Kier molecular flexibility index (Phi) is 6.61. The van der Waals surface area contributed by atoms with Crippen LogP contribution in [0.3, 0.4) is 0 Å². The number of carbonyl (C=O) groups excluding carboxylic acids is 2. The highest BCUT2D eigenvalue weighted by atomic mass is 16.5. The van der Waals surface area contributed by atoms with Gasteiger partial charge in [-0.1, -0.05) is 48.5 Å². The van der Waals surface area contributed by atoms with Crippen LogP contribution >= 0.6 is 0 Å². The van der Waals surface area contributed by atoms with Gasteiger partial charge in [0.1, 0.15) is 11.5 Å². The summed E-state index contributed by atoms with van der Waals surface area (Å²) in [6.07, 6.45) is -0.920. The van der Waals surface area contributed by atoms with Crippen LogP contribution in [-0.2, 0) is 19.1 Å². The molecule has 1 heterocycles. The molecule has 3 rings (SSSR count). The lowest BCUT2D eigenvalue weighted by Crippen LogP contribution is -2.41. The molecule has 2 aromatic rings. The Hall–Kier alpha value is -4.09. The van der Waals surface area contributed by atoms with E-state index < -0.39 is 24.0 Å². The van der Waals surface area contributed by atoms with Crippen molar-refractivity contribution in [3.05, 3.63) is 88.4 Å². The van der Waals surface area contributed by atoms with Gasteiger partial charge >= 0.3 is 11.9 Å². The number of esters is 2. The van der Waals surface area contributed by atoms with Crippen LogP contribution in [0.2, 0.25) is 0 Å². The molecule has 1 aliphatic heterocycles. The van der Waals surface area contributed by atoms with Gasteiger partial charge in [-0.3, -0.25) is 4.90 Å².